The maximum absolute atomic E-state index is 14.5. The maximum Gasteiger partial charge on any atom is 0.417 e. The van der Waals surface area contributed by atoms with Crippen molar-refractivity contribution in [1.82, 2.24) is 15.2 Å². The van der Waals surface area contributed by atoms with Crippen molar-refractivity contribution < 1.29 is 26.3 Å². The summed E-state index contributed by atoms with van der Waals surface area (Å²) in [5.41, 5.74) is -1.34. The molecule has 0 fully saturated rings. The molecule has 0 spiro atoms. The minimum Gasteiger partial charge on any atom is -0.225 e. The van der Waals surface area contributed by atoms with Crippen molar-refractivity contribution >= 4 is 0 Å². The van der Waals surface area contributed by atoms with Crippen LogP contribution >= 0.6 is 0 Å². The van der Waals surface area contributed by atoms with E-state index in [0.29, 0.717) is 6.07 Å². The van der Waals surface area contributed by atoms with Crippen LogP contribution in [0.25, 0.3) is 33.8 Å². The number of benzene rings is 3. The van der Waals surface area contributed by atoms with E-state index < -0.39 is 29.2 Å². The van der Waals surface area contributed by atoms with Crippen molar-refractivity contribution in [2.45, 2.75) is 6.18 Å². The Labute approximate surface area is 172 Å². The van der Waals surface area contributed by atoms with Gasteiger partial charge in [-0.05, 0) is 42.0 Å². The van der Waals surface area contributed by atoms with Crippen LogP contribution in [0.2, 0.25) is 0 Å². The summed E-state index contributed by atoms with van der Waals surface area (Å²) < 4.78 is 81.8. The lowest BCUT2D eigenvalue weighted by molar-refractivity contribution is -0.137. The van der Waals surface area contributed by atoms with E-state index in [-0.39, 0.29) is 33.8 Å². The number of alkyl halides is 3. The molecule has 3 nitrogen and oxygen atoms in total. The molecule has 0 aliphatic carbocycles. The summed E-state index contributed by atoms with van der Waals surface area (Å²) in [6, 6.07) is 11.0. The number of hydrogen-bond donors (Lipinski definition) is 0. The average Bonchev–Trinajstić information content (AvgIpc) is 2.73. The van der Waals surface area contributed by atoms with Crippen LogP contribution in [0.3, 0.4) is 0 Å². The fourth-order valence-electron chi connectivity index (χ4n) is 3.08. The van der Waals surface area contributed by atoms with Gasteiger partial charge in [0.1, 0.15) is 17.5 Å². The van der Waals surface area contributed by atoms with Crippen LogP contribution in [-0.2, 0) is 6.18 Å². The topological polar surface area (TPSA) is 38.7 Å². The lowest BCUT2D eigenvalue weighted by Crippen LogP contribution is -2.07. The molecule has 0 atom stereocenters. The van der Waals surface area contributed by atoms with Crippen LogP contribution in [0.15, 0.2) is 66.9 Å². The molecule has 156 valence electrons. The zero-order valence-electron chi connectivity index (χ0n) is 15.5. The number of rotatable bonds is 3. The normalized spacial score (nSPS) is 11.5. The molecule has 0 aliphatic heterocycles. The van der Waals surface area contributed by atoms with Gasteiger partial charge in [0.25, 0.3) is 0 Å². The van der Waals surface area contributed by atoms with Crippen molar-refractivity contribution in [3.63, 3.8) is 0 Å². The highest BCUT2D eigenvalue weighted by Crippen LogP contribution is 2.39. The van der Waals surface area contributed by atoms with E-state index in [1.54, 1.807) is 0 Å². The Morgan fingerprint density at radius 1 is 0.710 bits per heavy atom. The van der Waals surface area contributed by atoms with Crippen LogP contribution in [0, 0.1) is 17.5 Å². The molecule has 4 rings (SSSR count). The second-order valence-electron chi connectivity index (χ2n) is 6.53. The standard InChI is InChI=1S/C22H11F6N3/c23-13-6-7-15(19(25)10-13)21-30-20(11-29-31-21)12-5-8-18(24)16(9-12)14-3-1-2-4-17(14)22(26,27)28/h1-11H. The van der Waals surface area contributed by atoms with Gasteiger partial charge >= 0.3 is 6.18 Å². The largest absolute Gasteiger partial charge is 0.417 e. The highest BCUT2D eigenvalue weighted by Gasteiger charge is 2.34. The van der Waals surface area contributed by atoms with Crippen molar-refractivity contribution in [2.24, 2.45) is 0 Å². The average molecular weight is 431 g/mol. The summed E-state index contributed by atoms with van der Waals surface area (Å²) in [5.74, 6) is -2.70. The van der Waals surface area contributed by atoms with E-state index in [9.17, 15) is 26.3 Å². The second-order valence-corrected chi connectivity index (χ2v) is 6.53. The number of hydrogen-bond acceptors (Lipinski definition) is 3. The van der Waals surface area contributed by atoms with E-state index in [2.05, 4.69) is 15.2 Å². The molecular weight excluding hydrogens is 420 g/mol. The van der Waals surface area contributed by atoms with Crippen LogP contribution in [-0.4, -0.2) is 15.2 Å². The predicted molar refractivity (Wildman–Crippen MR) is 101 cm³/mol. The third-order valence-electron chi connectivity index (χ3n) is 4.52. The van der Waals surface area contributed by atoms with E-state index in [1.807, 2.05) is 0 Å². The van der Waals surface area contributed by atoms with Gasteiger partial charge in [-0.25, -0.2) is 18.2 Å². The minimum atomic E-state index is -4.68. The molecule has 0 saturated heterocycles. The van der Waals surface area contributed by atoms with Gasteiger partial charge in [0.2, 0.25) is 0 Å². The second kappa shape index (κ2) is 7.82. The number of aromatic nitrogens is 3. The quantitative estimate of drug-likeness (QED) is 0.357. The Morgan fingerprint density at radius 3 is 2.23 bits per heavy atom. The fourth-order valence-corrected chi connectivity index (χ4v) is 3.08. The number of nitrogens with zero attached hydrogens (tertiary/aromatic N) is 3. The van der Waals surface area contributed by atoms with E-state index >= 15 is 0 Å². The molecule has 0 radical (unpaired) electrons. The van der Waals surface area contributed by atoms with Gasteiger partial charge in [-0.1, -0.05) is 18.2 Å². The first kappa shape index (κ1) is 20.5. The fraction of sp³-hybridized carbons (Fsp3) is 0.0455. The molecule has 0 saturated carbocycles. The number of halogens is 6. The monoisotopic (exact) mass is 431 g/mol. The first-order chi connectivity index (χ1) is 14.7. The van der Waals surface area contributed by atoms with E-state index in [0.717, 1.165) is 24.3 Å². The van der Waals surface area contributed by atoms with Gasteiger partial charge < -0.3 is 0 Å². The SMILES string of the molecule is Fc1ccc(-c2nncc(-c3ccc(F)c(-c4ccccc4C(F)(F)F)c3)n2)c(F)c1. The summed E-state index contributed by atoms with van der Waals surface area (Å²) in [6.45, 7) is 0. The molecule has 0 aliphatic rings. The molecule has 1 heterocycles. The van der Waals surface area contributed by atoms with Crippen molar-refractivity contribution in [3.8, 4) is 33.8 Å². The van der Waals surface area contributed by atoms with Crippen molar-refractivity contribution in [3.05, 3.63) is 89.9 Å². The third kappa shape index (κ3) is 4.11. The van der Waals surface area contributed by atoms with E-state index in [4.69, 9.17) is 0 Å². The highest BCUT2D eigenvalue weighted by molar-refractivity contribution is 5.74. The molecule has 9 heteroatoms. The Hall–Kier alpha value is -3.75. The molecule has 0 bridgehead atoms. The summed E-state index contributed by atoms with van der Waals surface area (Å²) >= 11 is 0. The minimum absolute atomic E-state index is 0.111. The molecular formula is C22H11F6N3. The van der Waals surface area contributed by atoms with Gasteiger partial charge in [0.05, 0.1) is 23.0 Å². The molecule has 31 heavy (non-hydrogen) atoms. The molecule has 0 amide bonds. The van der Waals surface area contributed by atoms with Crippen molar-refractivity contribution in [1.29, 1.82) is 0 Å². The Bertz CT molecular complexity index is 1270. The van der Waals surface area contributed by atoms with Crippen LogP contribution < -0.4 is 0 Å². The summed E-state index contributed by atoms with van der Waals surface area (Å²) in [7, 11) is 0. The van der Waals surface area contributed by atoms with Crippen LogP contribution in [0.1, 0.15) is 5.56 Å². The maximum atomic E-state index is 14.5. The predicted octanol–water partition coefficient (Wildman–Crippen LogP) is 6.31. The summed E-state index contributed by atoms with van der Waals surface area (Å²) in [5, 5.41) is 7.46. The van der Waals surface area contributed by atoms with E-state index in [1.165, 1.54) is 36.5 Å². The summed E-state index contributed by atoms with van der Waals surface area (Å²) in [6.07, 6.45) is -3.47. The van der Waals surface area contributed by atoms with Gasteiger partial charge in [-0.15, -0.1) is 5.10 Å². The third-order valence-corrected chi connectivity index (χ3v) is 4.52. The molecule has 4 aromatic rings. The Morgan fingerprint density at radius 2 is 1.48 bits per heavy atom. The van der Waals surface area contributed by atoms with Gasteiger partial charge in [-0.2, -0.15) is 18.3 Å². The first-order valence-electron chi connectivity index (χ1n) is 8.86. The molecule has 0 N–H and O–H groups in total. The lowest BCUT2D eigenvalue weighted by atomic mass is 9.96. The zero-order valence-corrected chi connectivity index (χ0v) is 15.5. The first-order valence-corrected chi connectivity index (χ1v) is 8.86. The highest BCUT2D eigenvalue weighted by atomic mass is 19.4. The molecule has 3 aromatic carbocycles. The molecule has 1 aromatic heterocycles. The van der Waals surface area contributed by atoms with Crippen LogP contribution in [0.5, 0.6) is 0 Å². The van der Waals surface area contributed by atoms with Gasteiger partial charge in [-0.3, -0.25) is 0 Å². The van der Waals surface area contributed by atoms with Crippen molar-refractivity contribution in [2.75, 3.05) is 0 Å². The Balaban J connectivity index is 1.82. The zero-order chi connectivity index (χ0) is 22.2. The van der Waals surface area contributed by atoms with Gasteiger partial charge in [0, 0.05) is 17.2 Å². The Kier molecular flexibility index (Phi) is 5.18. The van der Waals surface area contributed by atoms with Gasteiger partial charge in [0.15, 0.2) is 5.82 Å². The summed E-state index contributed by atoms with van der Waals surface area (Å²) in [4.78, 5) is 4.16. The smallest absolute Gasteiger partial charge is 0.225 e. The lowest BCUT2D eigenvalue weighted by Gasteiger charge is -2.14. The molecule has 0 unspecified atom stereocenters. The van der Waals surface area contributed by atoms with Crippen LogP contribution in [0.4, 0.5) is 26.3 Å².